The van der Waals surface area contributed by atoms with Crippen LogP contribution < -0.4 is 10.6 Å². The van der Waals surface area contributed by atoms with Crippen LogP contribution in [0.4, 0.5) is 4.79 Å². The average Bonchev–Trinajstić information content (AvgIpc) is 2.26. The van der Waals surface area contributed by atoms with Crippen molar-refractivity contribution < 1.29 is 19.5 Å². The van der Waals surface area contributed by atoms with E-state index in [4.69, 9.17) is 5.11 Å². The van der Waals surface area contributed by atoms with Crippen molar-refractivity contribution in [1.82, 2.24) is 15.5 Å². The summed E-state index contributed by atoms with van der Waals surface area (Å²) in [5.41, 5.74) is -1.30. The lowest BCUT2D eigenvalue weighted by Gasteiger charge is -2.31. The van der Waals surface area contributed by atoms with Crippen LogP contribution in [0.2, 0.25) is 0 Å². The summed E-state index contributed by atoms with van der Waals surface area (Å²) < 4.78 is 0. The number of carbonyl (C=O) groups excluding carboxylic acids is 2. The summed E-state index contributed by atoms with van der Waals surface area (Å²) in [6.07, 6.45) is 0.158. The van der Waals surface area contributed by atoms with Crippen LogP contribution >= 0.6 is 0 Å². The minimum Gasteiger partial charge on any atom is -0.480 e. The Bertz CT molecular complexity index is 353. The SMILES string of the molecule is CC(C)NC(=O)CCNC(=O)N(C)C(C)(C)C(=O)O. The van der Waals surface area contributed by atoms with E-state index in [2.05, 4.69) is 10.6 Å². The molecule has 19 heavy (non-hydrogen) atoms. The van der Waals surface area contributed by atoms with Crippen molar-refractivity contribution in [3.8, 4) is 0 Å². The second-order valence-electron chi connectivity index (χ2n) is 5.13. The molecule has 0 aliphatic rings. The topological polar surface area (TPSA) is 98.7 Å². The van der Waals surface area contributed by atoms with Gasteiger partial charge in [-0.25, -0.2) is 9.59 Å². The van der Waals surface area contributed by atoms with Crippen LogP contribution in [0.15, 0.2) is 0 Å². The molecular formula is C12H23N3O4. The number of carboxylic acids is 1. The summed E-state index contributed by atoms with van der Waals surface area (Å²) in [5.74, 6) is -1.25. The first-order chi connectivity index (χ1) is 8.59. The number of nitrogens with zero attached hydrogens (tertiary/aromatic N) is 1. The fourth-order valence-corrected chi connectivity index (χ4v) is 1.19. The zero-order valence-electron chi connectivity index (χ0n) is 12.1. The third-order valence-corrected chi connectivity index (χ3v) is 2.74. The molecule has 0 aliphatic carbocycles. The largest absolute Gasteiger partial charge is 0.480 e. The summed E-state index contributed by atoms with van der Waals surface area (Å²) in [7, 11) is 1.40. The quantitative estimate of drug-likeness (QED) is 0.652. The Labute approximate surface area is 113 Å². The zero-order valence-corrected chi connectivity index (χ0v) is 12.1. The molecule has 3 amide bonds. The number of rotatable bonds is 6. The highest BCUT2D eigenvalue weighted by Gasteiger charge is 2.35. The molecule has 0 saturated carbocycles. The number of likely N-dealkylation sites (N-methyl/N-ethyl adjacent to an activating group) is 1. The van der Waals surface area contributed by atoms with E-state index >= 15 is 0 Å². The van der Waals surface area contributed by atoms with Crippen molar-refractivity contribution in [3.63, 3.8) is 0 Å². The van der Waals surface area contributed by atoms with E-state index in [1.165, 1.54) is 20.9 Å². The van der Waals surface area contributed by atoms with E-state index < -0.39 is 17.5 Å². The predicted molar refractivity (Wildman–Crippen MR) is 70.8 cm³/mol. The maximum atomic E-state index is 11.7. The number of aliphatic carboxylic acids is 1. The summed E-state index contributed by atoms with van der Waals surface area (Å²) >= 11 is 0. The molecule has 0 rings (SSSR count). The van der Waals surface area contributed by atoms with E-state index in [-0.39, 0.29) is 24.9 Å². The Morgan fingerprint density at radius 3 is 2.21 bits per heavy atom. The first-order valence-corrected chi connectivity index (χ1v) is 6.13. The van der Waals surface area contributed by atoms with Crippen molar-refractivity contribution in [1.29, 1.82) is 0 Å². The van der Waals surface area contributed by atoms with Gasteiger partial charge in [-0.15, -0.1) is 0 Å². The van der Waals surface area contributed by atoms with Gasteiger partial charge < -0.3 is 20.6 Å². The Morgan fingerprint density at radius 1 is 1.26 bits per heavy atom. The smallest absolute Gasteiger partial charge is 0.329 e. The van der Waals surface area contributed by atoms with Gasteiger partial charge >= 0.3 is 12.0 Å². The van der Waals surface area contributed by atoms with Crippen molar-refractivity contribution in [2.75, 3.05) is 13.6 Å². The lowest BCUT2D eigenvalue weighted by Crippen LogP contribution is -2.54. The Hall–Kier alpha value is -1.79. The molecule has 0 bridgehead atoms. The van der Waals surface area contributed by atoms with E-state index in [0.717, 1.165) is 4.90 Å². The minimum atomic E-state index is -1.30. The number of hydrogen-bond donors (Lipinski definition) is 3. The Balaban J connectivity index is 4.19. The lowest BCUT2D eigenvalue weighted by molar-refractivity contribution is -0.146. The van der Waals surface area contributed by atoms with Gasteiger partial charge in [0.05, 0.1) is 0 Å². The highest BCUT2D eigenvalue weighted by atomic mass is 16.4. The van der Waals surface area contributed by atoms with Crippen LogP contribution in [0.1, 0.15) is 34.1 Å². The summed E-state index contributed by atoms with van der Waals surface area (Å²) in [6, 6.07) is -0.471. The van der Waals surface area contributed by atoms with E-state index in [9.17, 15) is 14.4 Å². The van der Waals surface area contributed by atoms with Gasteiger partial charge in [-0.3, -0.25) is 4.79 Å². The zero-order chi connectivity index (χ0) is 15.2. The van der Waals surface area contributed by atoms with E-state index in [1.54, 1.807) is 0 Å². The van der Waals surface area contributed by atoms with Gasteiger partial charge in [0.25, 0.3) is 0 Å². The number of carbonyl (C=O) groups is 3. The molecule has 0 aliphatic heterocycles. The minimum absolute atomic E-state index is 0.0526. The van der Waals surface area contributed by atoms with Crippen molar-refractivity contribution >= 4 is 17.9 Å². The van der Waals surface area contributed by atoms with Crippen molar-refractivity contribution in [2.45, 2.75) is 45.7 Å². The third kappa shape index (κ3) is 5.58. The standard InChI is InChI=1S/C12H23N3O4/c1-8(2)14-9(16)6-7-13-11(19)15(5)12(3,4)10(17)18/h8H,6-7H2,1-5H3,(H,13,19)(H,14,16)(H,17,18). The van der Waals surface area contributed by atoms with E-state index in [0.29, 0.717) is 0 Å². The third-order valence-electron chi connectivity index (χ3n) is 2.74. The van der Waals surface area contributed by atoms with Crippen molar-refractivity contribution in [3.05, 3.63) is 0 Å². The molecule has 0 spiro atoms. The maximum Gasteiger partial charge on any atom is 0.329 e. The fourth-order valence-electron chi connectivity index (χ4n) is 1.19. The number of amides is 3. The lowest BCUT2D eigenvalue weighted by atomic mass is 10.1. The molecule has 7 nitrogen and oxygen atoms in total. The molecule has 0 heterocycles. The van der Waals surface area contributed by atoms with Crippen LogP contribution in [0, 0.1) is 0 Å². The molecular weight excluding hydrogens is 250 g/mol. The maximum absolute atomic E-state index is 11.7. The second kappa shape index (κ2) is 6.96. The Morgan fingerprint density at radius 2 is 1.79 bits per heavy atom. The number of nitrogens with one attached hydrogen (secondary N) is 2. The van der Waals surface area contributed by atoms with Gasteiger partial charge in [0.15, 0.2) is 0 Å². The fraction of sp³-hybridized carbons (Fsp3) is 0.750. The van der Waals surface area contributed by atoms with Crippen molar-refractivity contribution in [2.24, 2.45) is 0 Å². The number of hydrogen-bond acceptors (Lipinski definition) is 3. The first kappa shape index (κ1) is 17.2. The van der Waals surface area contributed by atoms with Crippen LogP contribution in [-0.4, -0.2) is 53.1 Å². The first-order valence-electron chi connectivity index (χ1n) is 6.13. The monoisotopic (exact) mass is 273 g/mol. The summed E-state index contributed by atoms with van der Waals surface area (Å²) in [4.78, 5) is 35.1. The number of urea groups is 1. The normalized spacial score (nSPS) is 11.1. The molecule has 0 fully saturated rings. The molecule has 0 aromatic rings. The molecule has 110 valence electrons. The van der Waals surface area contributed by atoms with Gasteiger partial charge in [0.2, 0.25) is 5.91 Å². The summed E-state index contributed by atoms with van der Waals surface area (Å²) in [6.45, 7) is 6.72. The second-order valence-corrected chi connectivity index (χ2v) is 5.13. The highest BCUT2D eigenvalue weighted by Crippen LogP contribution is 2.12. The Kier molecular flexibility index (Phi) is 6.31. The predicted octanol–water partition coefficient (Wildman–Crippen LogP) is 0.406. The molecule has 3 N–H and O–H groups in total. The molecule has 0 aromatic heterocycles. The average molecular weight is 273 g/mol. The molecule has 0 saturated heterocycles. The van der Waals surface area contributed by atoms with Gasteiger partial charge in [-0.1, -0.05) is 0 Å². The van der Waals surface area contributed by atoms with Crippen LogP contribution in [-0.2, 0) is 9.59 Å². The van der Waals surface area contributed by atoms with Crippen LogP contribution in [0.5, 0.6) is 0 Å². The molecule has 0 radical (unpaired) electrons. The summed E-state index contributed by atoms with van der Waals surface area (Å²) in [5, 5.41) is 14.2. The van der Waals surface area contributed by atoms with Gasteiger partial charge in [-0.2, -0.15) is 0 Å². The highest BCUT2D eigenvalue weighted by molar-refractivity contribution is 5.85. The number of carboxylic acid groups (broad SMARTS) is 1. The van der Waals surface area contributed by atoms with Gasteiger partial charge in [0, 0.05) is 26.1 Å². The van der Waals surface area contributed by atoms with Crippen LogP contribution in [0.3, 0.4) is 0 Å². The molecule has 7 heteroatoms. The molecule has 0 unspecified atom stereocenters. The van der Waals surface area contributed by atoms with E-state index in [1.807, 2.05) is 13.8 Å². The van der Waals surface area contributed by atoms with Crippen LogP contribution in [0.25, 0.3) is 0 Å². The molecule has 0 atom stereocenters. The molecule has 0 aromatic carbocycles. The van der Waals surface area contributed by atoms with Gasteiger partial charge in [0.1, 0.15) is 5.54 Å². The van der Waals surface area contributed by atoms with Gasteiger partial charge in [-0.05, 0) is 27.7 Å².